The highest BCUT2D eigenvalue weighted by Crippen LogP contribution is 2.34. The smallest absolute Gasteiger partial charge is 0.361 e. The van der Waals surface area contributed by atoms with Gasteiger partial charge < -0.3 is 14.6 Å². The van der Waals surface area contributed by atoms with E-state index < -0.39 is 38.0 Å². The number of ether oxygens (including phenoxy) is 1. The van der Waals surface area contributed by atoms with E-state index in [1.165, 1.54) is 6.20 Å². The van der Waals surface area contributed by atoms with Crippen LogP contribution in [0.4, 0.5) is 13.2 Å². The van der Waals surface area contributed by atoms with Gasteiger partial charge in [0.05, 0.1) is 23.4 Å². The molecule has 0 unspecified atom stereocenters. The predicted octanol–water partition coefficient (Wildman–Crippen LogP) is 4.52. The molecule has 2 N–H and O–H groups in total. The molecule has 0 aliphatic heterocycles. The summed E-state index contributed by atoms with van der Waals surface area (Å²) in [5, 5.41) is 12.2. The van der Waals surface area contributed by atoms with Crippen molar-refractivity contribution in [3.63, 3.8) is 0 Å². The minimum absolute atomic E-state index is 0.00871. The standard InChI is InChI=1S/C26H35F3N6O3Si/c1-39(2,3)13-12-38-16-34-11-9-19-22-20(15-32-23(19)34)24(36)33-25(37)35(22)18-6-4-17(5-7-18)14-31-21(8-10-30)26(27,28)29/h9,11,15,17-18,21,31H,4-8,12-14,16H2,1-3H3,(H,33,36,37)/t17-,18-,21-/m1/s1. The average molecular weight is 565 g/mol. The second-order valence-electron chi connectivity index (χ2n) is 11.6. The molecular weight excluding hydrogens is 529 g/mol. The maximum atomic E-state index is 13.1. The molecule has 39 heavy (non-hydrogen) atoms. The molecule has 0 aromatic carbocycles. The molecule has 3 aromatic rings. The molecule has 1 fully saturated rings. The van der Waals surface area contributed by atoms with Gasteiger partial charge in [-0.25, -0.2) is 9.78 Å². The second-order valence-corrected chi connectivity index (χ2v) is 17.2. The van der Waals surface area contributed by atoms with Crippen molar-refractivity contribution in [1.82, 2.24) is 24.4 Å². The van der Waals surface area contributed by atoms with Gasteiger partial charge in [0.1, 0.15) is 18.4 Å². The molecule has 0 spiro atoms. The zero-order chi connectivity index (χ0) is 28.4. The van der Waals surface area contributed by atoms with Crippen LogP contribution in [0.5, 0.6) is 0 Å². The molecule has 212 valence electrons. The summed E-state index contributed by atoms with van der Waals surface area (Å²) in [7, 11) is -1.23. The number of pyridine rings is 1. The van der Waals surface area contributed by atoms with Gasteiger partial charge in [0.25, 0.3) is 5.56 Å². The zero-order valence-corrected chi connectivity index (χ0v) is 23.5. The summed E-state index contributed by atoms with van der Waals surface area (Å²) >= 11 is 0. The van der Waals surface area contributed by atoms with E-state index in [4.69, 9.17) is 10.00 Å². The summed E-state index contributed by atoms with van der Waals surface area (Å²) in [5.41, 5.74) is 0.116. The van der Waals surface area contributed by atoms with Crippen molar-refractivity contribution < 1.29 is 17.9 Å². The monoisotopic (exact) mass is 564 g/mol. The third kappa shape index (κ3) is 6.80. The van der Waals surface area contributed by atoms with Crippen molar-refractivity contribution >= 4 is 30.0 Å². The molecule has 9 nitrogen and oxygen atoms in total. The zero-order valence-electron chi connectivity index (χ0n) is 22.5. The van der Waals surface area contributed by atoms with Gasteiger partial charge in [-0.05, 0) is 50.3 Å². The highest BCUT2D eigenvalue weighted by molar-refractivity contribution is 6.76. The number of fused-ring (bicyclic) bond motifs is 3. The van der Waals surface area contributed by atoms with Crippen LogP contribution in [-0.2, 0) is 11.5 Å². The van der Waals surface area contributed by atoms with Crippen molar-refractivity contribution in [2.24, 2.45) is 5.92 Å². The highest BCUT2D eigenvalue weighted by atomic mass is 28.3. The number of halogens is 3. The Hall–Kier alpha value is -2.95. The SMILES string of the molecule is C[Si](C)(C)CCOCn1ccc2c1ncc1c(=O)[nH]c(=O)n([C@H]3CC[C@H](CN[C@H](CC#N)C(F)(F)F)CC3)c12. The Morgan fingerprint density at radius 1 is 1.23 bits per heavy atom. The molecule has 0 bridgehead atoms. The largest absolute Gasteiger partial charge is 0.404 e. The summed E-state index contributed by atoms with van der Waals surface area (Å²) in [5.74, 6) is -0.00871. The van der Waals surface area contributed by atoms with E-state index in [1.54, 1.807) is 10.6 Å². The topological polar surface area (TPSA) is 118 Å². The number of rotatable bonds is 10. The van der Waals surface area contributed by atoms with Gasteiger partial charge in [-0.3, -0.25) is 14.3 Å². The minimum Gasteiger partial charge on any atom is -0.361 e. The summed E-state index contributed by atoms with van der Waals surface area (Å²) in [6.45, 7) is 7.95. The van der Waals surface area contributed by atoms with Crippen LogP contribution in [0, 0.1) is 17.2 Å². The molecule has 1 atom stereocenters. The van der Waals surface area contributed by atoms with Gasteiger partial charge in [-0.1, -0.05) is 19.6 Å². The van der Waals surface area contributed by atoms with Crippen LogP contribution < -0.4 is 16.6 Å². The molecule has 0 radical (unpaired) electrons. The molecule has 1 aliphatic rings. The third-order valence-electron chi connectivity index (χ3n) is 7.44. The molecule has 3 heterocycles. The van der Waals surface area contributed by atoms with Crippen molar-refractivity contribution in [2.75, 3.05) is 13.2 Å². The summed E-state index contributed by atoms with van der Waals surface area (Å²) in [6.07, 6.45) is 0.577. The maximum Gasteiger partial charge on any atom is 0.404 e. The number of aromatic nitrogens is 4. The fourth-order valence-corrected chi connectivity index (χ4v) is 5.94. The average Bonchev–Trinajstić information content (AvgIpc) is 3.27. The first-order valence-electron chi connectivity index (χ1n) is 13.3. The number of alkyl halides is 3. The Labute approximate surface area is 225 Å². The molecule has 3 aromatic heterocycles. The van der Waals surface area contributed by atoms with E-state index >= 15 is 0 Å². The van der Waals surface area contributed by atoms with E-state index in [1.807, 2.05) is 16.8 Å². The first kappa shape index (κ1) is 29.0. The quantitative estimate of drug-likeness (QED) is 0.276. The van der Waals surface area contributed by atoms with Crippen molar-refractivity contribution in [1.29, 1.82) is 5.26 Å². The van der Waals surface area contributed by atoms with Crippen LogP contribution in [0.2, 0.25) is 25.7 Å². The van der Waals surface area contributed by atoms with Gasteiger partial charge in [0, 0.05) is 38.5 Å². The first-order chi connectivity index (χ1) is 18.4. The first-order valence-corrected chi connectivity index (χ1v) is 17.0. The van der Waals surface area contributed by atoms with Crippen molar-refractivity contribution in [3.8, 4) is 6.07 Å². The number of hydrogen-bond acceptors (Lipinski definition) is 6. The van der Waals surface area contributed by atoms with Crippen molar-refractivity contribution in [2.45, 2.75) is 82.8 Å². The normalized spacial score (nSPS) is 19.4. The number of aromatic amines is 1. The molecule has 4 rings (SSSR count). The van der Waals surface area contributed by atoms with Crippen LogP contribution in [-0.4, -0.2) is 52.5 Å². The van der Waals surface area contributed by atoms with Crippen LogP contribution >= 0.6 is 0 Å². The summed E-state index contributed by atoms with van der Waals surface area (Å²) < 4.78 is 48.8. The van der Waals surface area contributed by atoms with Gasteiger partial charge in [0.15, 0.2) is 0 Å². The molecule has 0 saturated heterocycles. The van der Waals surface area contributed by atoms with Crippen LogP contribution in [0.15, 0.2) is 28.0 Å². The fourth-order valence-electron chi connectivity index (χ4n) is 5.18. The number of nitriles is 1. The minimum atomic E-state index is -4.48. The lowest BCUT2D eigenvalue weighted by atomic mass is 9.85. The van der Waals surface area contributed by atoms with Gasteiger partial charge in [-0.15, -0.1) is 0 Å². The van der Waals surface area contributed by atoms with Gasteiger partial charge >= 0.3 is 11.9 Å². The lowest BCUT2D eigenvalue weighted by Crippen LogP contribution is -2.44. The molecule has 1 aliphatic carbocycles. The van der Waals surface area contributed by atoms with Crippen molar-refractivity contribution in [3.05, 3.63) is 39.3 Å². The van der Waals surface area contributed by atoms with E-state index in [0.717, 1.165) is 6.04 Å². The van der Waals surface area contributed by atoms with E-state index in [2.05, 4.69) is 34.9 Å². The Balaban J connectivity index is 1.54. The van der Waals surface area contributed by atoms with Crippen LogP contribution in [0.1, 0.15) is 38.1 Å². The number of H-pyrrole nitrogens is 1. The summed E-state index contributed by atoms with van der Waals surface area (Å²) in [4.78, 5) is 32.6. The highest BCUT2D eigenvalue weighted by Gasteiger charge is 2.39. The third-order valence-corrected chi connectivity index (χ3v) is 9.14. The molecule has 1 saturated carbocycles. The van der Waals surface area contributed by atoms with Gasteiger partial charge in [0.2, 0.25) is 0 Å². The fraction of sp³-hybridized carbons (Fsp3) is 0.615. The van der Waals surface area contributed by atoms with Gasteiger partial charge in [-0.2, -0.15) is 18.4 Å². The van der Waals surface area contributed by atoms with Crippen LogP contribution in [0.25, 0.3) is 21.9 Å². The van der Waals surface area contributed by atoms with E-state index in [9.17, 15) is 22.8 Å². The second kappa shape index (κ2) is 11.7. The van der Waals surface area contributed by atoms with E-state index in [0.29, 0.717) is 61.0 Å². The lowest BCUT2D eigenvalue weighted by molar-refractivity contribution is -0.155. The maximum absolute atomic E-state index is 13.1. The Morgan fingerprint density at radius 2 is 1.95 bits per heavy atom. The Bertz CT molecular complexity index is 1460. The lowest BCUT2D eigenvalue weighted by Gasteiger charge is -2.31. The van der Waals surface area contributed by atoms with Crippen LogP contribution in [0.3, 0.4) is 0 Å². The Morgan fingerprint density at radius 3 is 2.59 bits per heavy atom. The number of nitrogens with one attached hydrogen (secondary N) is 2. The number of nitrogens with zero attached hydrogens (tertiary/aromatic N) is 4. The predicted molar refractivity (Wildman–Crippen MR) is 145 cm³/mol. The number of hydrogen-bond donors (Lipinski definition) is 2. The molecular formula is C26H35F3N6O3Si. The molecule has 0 amide bonds. The van der Waals surface area contributed by atoms with E-state index in [-0.39, 0.29) is 18.5 Å². The Kier molecular flexibility index (Phi) is 8.68. The molecule has 13 heteroatoms. The summed E-state index contributed by atoms with van der Waals surface area (Å²) in [6, 6.07) is 2.40.